The first kappa shape index (κ1) is 13.5. The SMILES string of the molecule is Cc1cc(N2CCN(C)c3ccccc32)ccc1C(=O)O. The number of hydrogen-bond acceptors (Lipinski definition) is 3. The summed E-state index contributed by atoms with van der Waals surface area (Å²) in [5, 5.41) is 9.14. The van der Waals surface area contributed by atoms with E-state index >= 15 is 0 Å². The summed E-state index contributed by atoms with van der Waals surface area (Å²) in [6, 6.07) is 13.8. The van der Waals surface area contributed by atoms with Gasteiger partial charge in [-0.15, -0.1) is 0 Å². The minimum atomic E-state index is -0.877. The summed E-state index contributed by atoms with van der Waals surface area (Å²) >= 11 is 0. The monoisotopic (exact) mass is 282 g/mol. The quantitative estimate of drug-likeness (QED) is 0.918. The molecule has 0 saturated carbocycles. The highest BCUT2D eigenvalue weighted by molar-refractivity contribution is 5.90. The molecule has 0 unspecified atom stereocenters. The Kier molecular flexibility index (Phi) is 3.29. The fourth-order valence-corrected chi connectivity index (χ4v) is 2.83. The van der Waals surface area contributed by atoms with Crippen LogP contribution in [0.5, 0.6) is 0 Å². The highest BCUT2D eigenvalue weighted by Gasteiger charge is 2.21. The van der Waals surface area contributed by atoms with Crippen LogP contribution in [0.15, 0.2) is 42.5 Å². The van der Waals surface area contributed by atoms with Crippen LogP contribution in [0.4, 0.5) is 17.1 Å². The van der Waals surface area contributed by atoms with Gasteiger partial charge < -0.3 is 14.9 Å². The summed E-state index contributed by atoms with van der Waals surface area (Å²) in [6.45, 7) is 3.67. The minimum absolute atomic E-state index is 0.362. The Labute approximate surface area is 124 Å². The van der Waals surface area contributed by atoms with Crippen molar-refractivity contribution < 1.29 is 9.90 Å². The Morgan fingerprint density at radius 2 is 1.81 bits per heavy atom. The van der Waals surface area contributed by atoms with Crippen molar-refractivity contribution in [3.8, 4) is 0 Å². The second kappa shape index (κ2) is 5.13. The number of nitrogens with zero attached hydrogens (tertiary/aromatic N) is 2. The van der Waals surface area contributed by atoms with E-state index in [1.54, 1.807) is 6.07 Å². The molecule has 0 saturated heterocycles. The Morgan fingerprint density at radius 1 is 1.10 bits per heavy atom. The zero-order chi connectivity index (χ0) is 15.0. The van der Waals surface area contributed by atoms with E-state index in [-0.39, 0.29) is 0 Å². The van der Waals surface area contributed by atoms with Gasteiger partial charge in [0.1, 0.15) is 0 Å². The lowest BCUT2D eigenvalue weighted by Gasteiger charge is -2.37. The van der Waals surface area contributed by atoms with E-state index in [1.165, 1.54) is 5.69 Å². The van der Waals surface area contributed by atoms with Crippen LogP contribution in [-0.2, 0) is 0 Å². The van der Waals surface area contributed by atoms with Crippen molar-refractivity contribution in [3.05, 3.63) is 53.6 Å². The number of para-hydroxylation sites is 2. The number of aryl methyl sites for hydroxylation is 1. The maximum Gasteiger partial charge on any atom is 0.335 e. The van der Waals surface area contributed by atoms with Gasteiger partial charge in [0, 0.05) is 25.8 Å². The molecule has 1 N–H and O–H groups in total. The van der Waals surface area contributed by atoms with Crippen LogP contribution < -0.4 is 9.80 Å². The third kappa shape index (κ3) is 2.33. The molecular weight excluding hydrogens is 264 g/mol. The normalized spacial score (nSPS) is 14.0. The molecule has 0 fully saturated rings. The van der Waals surface area contributed by atoms with E-state index in [0.29, 0.717) is 5.56 Å². The number of carboxylic acids is 1. The maximum atomic E-state index is 11.1. The number of carbonyl (C=O) groups is 1. The lowest BCUT2D eigenvalue weighted by atomic mass is 10.1. The molecular formula is C17H18N2O2. The minimum Gasteiger partial charge on any atom is -0.478 e. The van der Waals surface area contributed by atoms with E-state index in [4.69, 9.17) is 5.11 Å². The predicted molar refractivity (Wildman–Crippen MR) is 84.9 cm³/mol. The highest BCUT2D eigenvalue weighted by atomic mass is 16.4. The van der Waals surface area contributed by atoms with Crippen molar-refractivity contribution in [2.75, 3.05) is 29.9 Å². The molecule has 0 aliphatic carbocycles. The van der Waals surface area contributed by atoms with Gasteiger partial charge in [0.2, 0.25) is 0 Å². The van der Waals surface area contributed by atoms with Gasteiger partial charge in [0.05, 0.1) is 16.9 Å². The Balaban J connectivity index is 2.04. The van der Waals surface area contributed by atoms with Crippen LogP contribution in [0.2, 0.25) is 0 Å². The summed E-state index contributed by atoms with van der Waals surface area (Å²) in [5.41, 5.74) is 4.55. The summed E-state index contributed by atoms with van der Waals surface area (Å²) < 4.78 is 0. The molecule has 0 radical (unpaired) electrons. The van der Waals surface area contributed by atoms with E-state index in [0.717, 1.165) is 30.0 Å². The van der Waals surface area contributed by atoms with Crippen molar-refractivity contribution in [3.63, 3.8) is 0 Å². The molecule has 0 amide bonds. The fourth-order valence-electron chi connectivity index (χ4n) is 2.83. The van der Waals surface area contributed by atoms with Gasteiger partial charge in [-0.05, 0) is 42.8 Å². The van der Waals surface area contributed by atoms with E-state index in [9.17, 15) is 4.79 Å². The fraction of sp³-hybridized carbons (Fsp3) is 0.235. The number of carboxylic acid groups (broad SMARTS) is 1. The molecule has 0 spiro atoms. The lowest BCUT2D eigenvalue weighted by molar-refractivity contribution is 0.0696. The van der Waals surface area contributed by atoms with Crippen LogP contribution in [0, 0.1) is 6.92 Å². The van der Waals surface area contributed by atoms with Crippen molar-refractivity contribution in [1.29, 1.82) is 0 Å². The number of benzene rings is 2. The van der Waals surface area contributed by atoms with Gasteiger partial charge in [-0.25, -0.2) is 4.79 Å². The number of fused-ring (bicyclic) bond motifs is 1. The summed E-state index contributed by atoms with van der Waals surface area (Å²) in [5.74, 6) is -0.877. The van der Waals surface area contributed by atoms with Gasteiger partial charge in [-0.1, -0.05) is 12.1 Å². The van der Waals surface area contributed by atoms with Gasteiger partial charge in [-0.3, -0.25) is 0 Å². The topological polar surface area (TPSA) is 43.8 Å². The summed E-state index contributed by atoms with van der Waals surface area (Å²) in [6.07, 6.45) is 0. The van der Waals surface area contributed by atoms with Crippen LogP contribution in [0.3, 0.4) is 0 Å². The largest absolute Gasteiger partial charge is 0.478 e. The number of aromatic carboxylic acids is 1. The molecule has 4 heteroatoms. The van der Waals surface area contributed by atoms with Gasteiger partial charge in [0.15, 0.2) is 0 Å². The number of anilines is 3. The Hall–Kier alpha value is -2.49. The zero-order valence-corrected chi connectivity index (χ0v) is 12.2. The number of hydrogen-bond donors (Lipinski definition) is 1. The van der Waals surface area contributed by atoms with E-state index < -0.39 is 5.97 Å². The molecule has 3 rings (SSSR count). The third-order valence-corrected chi connectivity index (χ3v) is 3.99. The number of rotatable bonds is 2. The molecule has 0 bridgehead atoms. The van der Waals surface area contributed by atoms with Crippen molar-refractivity contribution in [2.24, 2.45) is 0 Å². The van der Waals surface area contributed by atoms with Gasteiger partial charge in [0.25, 0.3) is 0 Å². The first-order valence-electron chi connectivity index (χ1n) is 6.99. The third-order valence-electron chi connectivity index (χ3n) is 3.99. The molecule has 21 heavy (non-hydrogen) atoms. The summed E-state index contributed by atoms with van der Waals surface area (Å²) in [7, 11) is 2.09. The van der Waals surface area contributed by atoms with E-state index in [1.807, 2.05) is 31.2 Å². The van der Waals surface area contributed by atoms with E-state index in [2.05, 4.69) is 29.0 Å². The first-order valence-corrected chi connectivity index (χ1v) is 6.99. The van der Waals surface area contributed by atoms with Gasteiger partial charge >= 0.3 is 5.97 Å². The first-order chi connectivity index (χ1) is 10.1. The Morgan fingerprint density at radius 3 is 2.48 bits per heavy atom. The number of likely N-dealkylation sites (N-methyl/N-ethyl adjacent to an activating group) is 1. The van der Waals surface area contributed by atoms with Crippen molar-refractivity contribution in [2.45, 2.75) is 6.92 Å². The molecule has 4 nitrogen and oxygen atoms in total. The standard InChI is InChI=1S/C17H18N2O2/c1-12-11-13(7-8-14(12)17(20)21)19-10-9-18(2)15-5-3-4-6-16(15)19/h3-8,11H,9-10H2,1-2H3,(H,20,21). The smallest absolute Gasteiger partial charge is 0.335 e. The van der Waals surface area contributed by atoms with Crippen molar-refractivity contribution >= 4 is 23.0 Å². The average Bonchev–Trinajstić information content (AvgIpc) is 2.47. The van der Waals surface area contributed by atoms with Crippen LogP contribution in [0.1, 0.15) is 15.9 Å². The molecule has 0 atom stereocenters. The summed E-state index contributed by atoms with van der Waals surface area (Å²) in [4.78, 5) is 15.6. The molecule has 2 aromatic rings. The lowest BCUT2D eigenvalue weighted by Crippen LogP contribution is -2.36. The van der Waals surface area contributed by atoms with Crippen molar-refractivity contribution in [1.82, 2.24) is 0 Å². The molecule has 108 valence electrons. The second-order valence-electron chi connectivity index (χ2n) is 5.37. The van der Waals surface area contributed by atoms with Crippen LogP contribution >= 0.6 is 0 Å². The van der Waals surface area contributed by atoms with Crippen LogP contribution in [0.25, 0.3) is 0 Å². The maximum absolute atomic E-state index is 11.1. The molecule has 2 aromatic carbocycles. The molecule has 1 aliphatic rings. The zero-order valence-electron chi connectivity index (χ0n) is 12.2. The van der Waals surface area contributed by atoms with Gasteiger partial charge in [-0.2, -0.15) is 0 Å². The molecule has 1 aliphatic heterocycles. The van der Waals surface area contributed by atoms with Crippen LogP contribution in [-0.4, -0.2) is 31.2 Å². The average molecular weight is 282 g/mol. The predicted octanol–water partition coefficient (Wildman–Crippen LogP) is 3.28. The second-order valence-corrected chi connectivity index (χ2v) is 5.37. The molecule has 1 heterocycles. The Bertz CT molecular complexity index is 697. The molecule has 0 aromatic heterocycles. The highest BCUT2D eigenvalue weighted by Crippen LogP contribution is 2.37.